The summed E-state index contributed by atoms with van der Waals surface area (Å²) in [6.07, 6.45) is 3.69. The van der Waals surface area contributed by atoms with Crippen molar-refractivity contribution in [2.24, 2.45) is 0 Å². The second-order valence-corrected chi connectivity index (χ2v) is 2.88. The summed E-state index contributed by atoms with van der Waals surface area (Å²) in [6, 6.07) is 0. The molecule has 0 aromatic carbocycles. The van der Waals surface area contributed by atoms with Gasteiger partial charge in [-0.05, 0) is 6.26 Å². The molecule has 1 rings (SSSR count). The lowest BCUT2D eigenvalue weighted by Crippen LogP contribution is -2.03. The summed E-state index contributed by atoms with van der Waals surface area (Å²) in [7, 11) is 0. The van der Waals surface area contributed by atoms with E-state index >= 15 is 0 Å². The Morgan fingerprint density at radius 1 is 1.67 bits per heavy atom. The Morgan fingerprint density at radius 2 is 2.42 bits per heavy atom. The van der Waals surface area contributed by atoms with Crippen LogP contribution >= 0.6 is 11.8 Å². The van der Waals surface area contributed by atoms with Crippen LogP contribution in [0.4, 0.5) is 0 Å². The Morgan fingerprint density at radius 3 is 3.00 bits per heavy atom. The summed E-state index contributed by atoms with van der Waals surface area (Å²) in [5.74, 6) is 0.000185. The maximum absolute atomic E-state index is 11.1. The molecule has 12 heavy (non-hydrogen) atoms. The van der Waals surface area contributed by atoms with Crippen LogP contribution in [0.2, 0.25) is 0 Å². The highest BCUT2D eigenvalue weighted by Crippen LogP contribution is 2.06. The molecule has 1 heterocycles. The van der Waals surface area contributed by atoms with Crippen molar-refractivity contribution in [2.45, 2.75) is 18.5 Å². The van der Waals surface area contributed by atoms with Crippen LogP contribution in [0, 0.1) is 0 Å². The largest absolute Gasteiger partial charge is 0.292 e. The SMILES string of the molecule is CCC(=O)c1cnnc(SC)n1. The van der Waals surface area contributed by atoms with Crippen molar-refractivity contribution in [3.8, 4) is 0 Å². The number of nitrogens with zero attached hydrogens (tertiary/aromatic N) is 3. The number of hydrogen-bond donors (Lipinski definition) is 0. The summed E-state index contributed by atoms with van der Waals surface area (Å²) in [6.45, 7) is 1.79. The summed E-state index contributed by atoms with van der Waals surface area (Å²) < 4.78 is 0. The first-order chi connectivity index (χ1) is 5.77. The minimum absolute atomic E-state index is 0.000185. The zero-order chi connectivity index (χ0) is 8.97. The number of hydrogen-bond acceptors (Lipinski definition) is 5. The van der Waals surface area contributed by atoms with Gasteiger partial charge in [-0.2, -0.15) is 5.10 Å². The topological polar surface area (TPSA) is 55.7 Å². The summed E-state index contributed by atoms with van der Waals surface area (Å²) in [5, 5.41) is 7.93. The molecule has 1 aromatic rings. The van der Waals surface area contributed by atoms with Crippen molar-refractivity contribution < 1.29 is 4.79 Å². The molecule has 64 valence electrons. The van der Waals surface area contributed by atoms with E-state index in [-0.39, 0.29) is 5.78 Å². The van der Waals surface area contributed by atoms with Gasteiger partial charge in [0.25, 0.3) is 0 Å². The molecule has 0 aliphatic heterocycles. The molecule has 0 aliphatic carbocycles. The first kappa shape index (κ1) is 9.12. The molecule has 0 bridgehead atoms. The molecule has 0 radical (unpaired) electrons. The van der Waals surface area contributed by atoms with E-state index in [0.29, 0.717) is 17.3 Å². The van der Waals surface area contributed by atoms with Gasteiger partial charge in [-0.25, -0.2) is 4.98 Å². The number of rotatable bonds is 3. The van der Waals surface area contributed by atoms with E-state index in [1.165, 1.54) is 18.0 Å². The monoisotopic (exact) mass is 183 g/mol. The average Bonchev–Trinajstić information content (AvgIpc) is 2.17. The molecular weight excluding hydrogens is 174 g/mol. The van der Waals surface area contributed by atoms with Gasteiger partial charge in [-0.1, -0.05) is 18.7 Å². The molecular formula is C7H9N3OS. The third-order valence-corrected chi connectivity index (χ3v) is 1.87. The smallest absolute Gasteiger partial charge is 0.209 e. The molecule has 5 heteroatoms. The van der Waals surface area contributed by atoms with E-state index in [1.807, 2.05) is 6.26 Å². The highest BCUT2D eigenvalue weighted by Gasteiger charge is 2.06. The number of carbonyl (C=O) groups is 1. The number of carbonyl (C=O) groups excluding carboxylic acids is 1. The Hall–Kier alpha value is -0.970. The van der Waals surface area contributed by atoms with Crippen LogP contribution in [0.5, 0.6) is 0 Å². The average molecular weight is 183 g/mol. The van der Waals surface area contributed by atoms with Crippen molar-refractivity contribution in [1.82, 2.24) is 15.2 Å². The zero-order valence-corrected chi connectivity index (χ0v) is 7.76. The quantitative estimate of drug-likeness (QED) is 0.520. The van der Waals surface area contributed by atoms with Crippen molar-refractivity contribution in [1.29, 1.82) is 0 Å². The van der Waals surface area contributed by atoms with Crippen LogP contribution in [-0.4, -0.2) is 27.2 Å². The fourth-order valence-corrected chi connectivity index (χ4v) is 1.01. The lowest BCUT2D eigenvalue weighted by molar-refractivity contribution is 0.0982. The fraction of sp³-hybridized carbons (Fsp3) is 0.429. The van der Waals surface area contributed by atoms with E-state index in [0.717, 1.165) is 0 Å². The summed E-state index contributed by atoms with van der Waals surface area (Å²) in [4.78, 5) is 15.1. The second kappa shape index (κ2) is 4.15. The van der Waals surface area contributed by atoms with Crippen LogP contribution < -0.4 is 0 Å². The molecule has 4 nitrogen and oxygen atoms in total. The molecule has 0 aliphatic rings. The van der Waals surface area contributed by atoms with Gasteiger partial charge in [-0.15, -0.1) is 5.10 Å². The lowest BCUT2D eigenvalue weighted by Gasteiger charge is -1.96. The van der Waals surface area contributed by atoms with Crippen molar-refractivity contribution in [3.63, 3.8) is 0 Å². The first-order valence-electron chi connectivity index (χ1n) is 3.54. The number of Topliss-reactive ketones (excluding diaryl/α,β-unsaturated/α-hetero) is 1. The normalized spacial score (nSPS) is 9.83. The number of aromatic nitrogens is 3. The molecule has 0 saturated heterocycles. The standard InChI is InChI=1S/C7H9N3OS/c1-3-6(11)5-4-8-10-7(9-5)12-2/h4H,3H2,1-2H3. The molecule has 0 atom stereocenters. The van der Waals surface area contributed by atoms with E-state index < -0.39 is 0 Å². The van der Waals surface area contributed by atoms with Crippen LogP contribution in [0.25, 0.3) is 0 Å². The minimum Gasteiger partial charge on any atom is -0.292 e. The Kier molecular flexibility index (Phi) is 3.16. The minimum atomic E-state index is 0.000185. The van der Waals surface area contributed by atoms with E-state index in [9.17, 15) is 4.79 Å². The van der Waals surface area contributed by atoms with Crippen LogP contribution in [0.1, 0.15) is 23.8 Å². The second-order valence-electron chi connectivity index (χ2n) is 2.11. The summed E-state index contributed by atoms with van der Waals surface area (Å²) >= 11 is 1.37. The number of thioether (sulfide) groups is 1. The van der Waals surface area contributed by atoms with E-state index in [1.54, 1.807) is 6.92 Å². The first-order valence-corrected chi connectivity index (χ1v) is 4.77. The van der Waals surface area contributed by atoms with Crippen LogP contribution in [-0.2, 0) is 0 Å². The predicted octanol–water partition coefficient (Wildman–Crippen LogP) is 1.19. The lowest BCUT2D eigenvalue weighted by atomic mass is 10.2. The maximum Gasteiger partial charge on any atom is 0.209 e. The van der Waals surface area contributed by atoms with Crippen LogP contribution in [0.15, 0.2) is 11.4 Å². The van der Waals surface area contributed by atoms with Crippen molar-refractivity contribution in [3.05, 3.63) is 11.9 Å². The molecule has 0 spiro atoms. The molecule has 0 amide bonds. The van der Waals surface area contributed by atoms with Gasteiger partial charge in [0.1, 0.15) is 5.69 Å². The van der Waals surface area contributed by atoms with Gasteiger partial charge >= 0.3 is 0 Å². The highest BCUT2D eigenvalue weighted by atomic mass is 32.2. The van der Waals surface area contributed by atoms with Crippen molar-refractivity contribution in [2.75, 3.05) is 6.26 Å². The molecule has 1 aromatic heterocycles. The van der Waals surface area contributed by atoms with Gasteiger partial charge in [0.05, 0.1) is 6.20 Å². The van der Waals surface area contributed by atoms with Crippen molar-refractivity contribution >= 4 is 17.5 Å². The zero-order valence-electron chi connectivity index (χ0n) is 6.94. The molecule has 0 unspecified atom stereocenters. The Bertz CT molecular complexity index is 290. The fourth-order valence-electron chi connectivity index (χ4n) is 0.689. The highest BCUT2D eigenvalue weighted by molar-refractivity contribution is 7.98. The van der Waals surface area contributed by atoms with E-state index in [4.69, 9.17) is 0 Å². The molecule has 0 saturated carbocycles. The van der Waals surface area contributed by atoms with Gasteiger partial charge < -0.3 is 0 Å². The third-order valence-electron chi connectivity index (χ3n) is 1.33. The number of ketones is 1. The summed E-state index contributed by atoms with van der Waals surface area (Å²) in [5.41, 5.74) is 0.400. The van der Waals surface area contributed by atoms with Crippen LogP contribution in [0.3, 0.4) is 0 Å². The molecule has 0 fully saturated rings. The maximum atomic E-state index is 11.1. The van der Waals surface area contributed by atoms with Gasteiger partial charge in [-0.3, -0.25) is 4.79 Å². The van der Waals surface area contributed by atoms with E-state index in [2.05, 4.69) is 15.2 Å². The molecule has 0 N–H and O–H groups in total. The third kappa shape index (κ3) is 2.01. The Balaban J connectivity index is 2.93. The Labute approximate surface area is 74.8 Å². The van der Waals surface area contributed by atoms with Gasteiger partial charge in [0.15, 0.2) is 5.78 Å². The van der Waals surface area contributed by atoms with Gasteiger partial charge in [0.2, 0.25) is 5.16 Å². The predicted molar refractivity (Wildman–Crippen MR) is 46.2 cm³/mol. The van der Waals surface area contributed by atoms with Gasteiger partial charge in [0, 0.05) is 6.42 Å².